The Kier molecular flexibility index (Phi) is 6.12. The van der Waals surface area contributed by atoms with Crippen LogP contribution >= 0.6 is 11.6 Å². The molecule has 11 heteroatoms. The minimum absolute atomic E-state index is 0.0158. The fourth-order valence-corrected chi connectivity index (χ4v) is 6.88. The minimum Gasteiger partial charge on any atom is -0.280 e. The Labute approximate surface area is 208 Å². The molecule has 0 radical (unpaired) electrons. The van der Waals surface area contributed by atoms with Gasteiger partial charge in [-0.1, -0.05) is 11.6 Å². The van der Waals surface area contributed by atoms with Gasteiger partial charge in [0, 0.05) is 24.0 Å². The van der Waals surface area contributed by atoms with Crippen molar-refractivity contribution in [2.24, 2.45) is 0 Å². The van der Waals surface area contributed by atoms with Crippen LogP contribution in [0.4, 0.5) is 11.4 Å². The molecule has 1 fully saturated rings. The summed E-state index contributed by atoms with van der Waals surface area (Å²) in [6.07, 6.45) is 3.08. The summed E-state index contributed by atoms with van der Waals surface area (Å²) in [6.45, 7) is 0.388. The summed E-state index contributed by atoms with van der Waals surface area (Å²) >= 11 is 6.40. The predicted octanol–water partition coefficient (Wildman–Crippen LogP) is 4.68. The lowest BCUT2D eigenvalue weighted by atomic mass is 10.1. The molecule has 3 heterocycles. The summed E-state index contributed by atoms with van der Waals surface area (Å²) in [7, 11) is -7.30. The molecule has 0 saturated carbocycles. The molecule has 1 N–H and O–H groups in total. The number of benzene rings is 2. The molecule has 0 unspecified atom stereocenters. The largest absolute Gasteiger partial charge is 0.280 e. The van der Waals surface area contributed by atoms with Gasteiger partial charge in [0.1, 0.15) is 0 Å². The first-order valence-electron chi connectivity index (χ1n) is 10.9. The molecule has 180 valence electrons. The molecule has 35 heavy (non-hydrogen) atoms. The lowest BCUT2D eigenvalue weighted by Crippen LogP contribution is -2.37. The van der Waals surface area contributed by atoms with Gasteiger partial charge in [0.2, 0.25) is 10.0 Å². The first kappa shape index (κ1) is 23.5. The van der Waals surface area contributed by atoms with Crippen LogP contribution in [0.5, 0.6) is 0 Å². The van der Waals surface area contributed by atoms with Crippen molar-refractivity contribution in [3.63, 3.8) is 0 Å². The summed E-state index contributed by atoms with van der Waals surface area (Å²) in [6, 6.07) is 17.9. The number of anilines is 2. The van der Waals surface area contributed by atoms with Gasteiger partial charge in [-0.3, -0.25) is 14.0 Å². The zero-order valence-corrected chi connectivity index (χ0v) is 20.8. The molecule has 4 aromatic rings. The first-order valence-corrected chi connectivity index (χ1v) is 14.3. The van der Waals surface area contributed by atoms with Crippen molar-refractivity contribution in [3.05, 3.63) is 77.9 Å². The molecular formula is C24H21ClN4O4S2. The highest BCUT2D eigenvalue weighted by molar-refractivity contribution is 7.93. The standard InChI is InChI=1S/C24H21ClN4O4S2/c25-21-10-5-17(16-20(21)22-11-12-23-24(27-22)4-3-13-26-23)28-35(32,33)19-8-6-18(7-9-19)29-14-1-2-15-34(29,30)31/h3-13,16,28H,1-2,14-15H2. The van der Waals surface area contributed by atoms with Crippen LogP contribution in [0.3, 0.4) is 0 Å². The second-order valence-electron chi connectivity index (χ2n) is 8.13. The summed E-state index contributed by atoms with van der Waals surface area (Å²) in [5.74, 6) is 0.0933. The zero-order valence-electron chi connectivity index (χ0n) is 18.4. The van der Waals surface area contributed by atoms with E-state index in [1.54, 1.807) is 36.5 Å². The highest BCUT2D eigenvalue weighted by atomic mass is 35.5. The number of fused-ring (bicyclic) bond motifs is 1. The van der Waals surface area contributed by atoms with Crippen molar-refractivity contribution in [3.8, 4) is 11.3 Å². The molecule has 0 amide bonds. The van der Waals surface area contributed by atoms with E-state index in [2.05, 4.69) is 14.7 Å². The summed E-state index contributed by atoms with van der Waals surface area (Å²) < 4.78 is 54.6. The topological polar surface area (TPSA) is 109 Å². The third kappa shape index (κ3) is 4.82. The SMILES string of the molecule is O=S(=O)(Nc1ccc(Cl)c(-c2ccc3ncccc3n2)c1)c1ccc(N2CCCCS2(=O)=O)cc1. The summed E-state index contributed by atoms with van der Waals surface area (Å²) in [5, 5.41) is 0.427. The van der Waals surface area contributed by atoms with E-state index in [0.717, 1.165) is 11.9 Å². The van der Waals surface area contributed by atoms with Crippen LogP contribution in [0.25, 0.3) is 22.3 Å². The van der Waals surface area contributed by atoms with Crippen molar-refractivity contribution in [2.45, 2.75) is 17.7 Å². The van der Waals surface area contributed by atoms with Crippen molar-refractivity contribution in [1.82, 2.24) is 9.97 Å². The van der Waals surface area contributed by atoms with E-state index in [1.807, 2.05) is 12.1 Å². The molecule has 1 aliphatic heterocycles. The van der Waals surface area contributed by atoms with Gasteiger partial charge >= 0.3 is 0 Å². The average molecular weight is 529 g/mol. The Morgan fingerprint density at radius 1 is 0.943 bits per heavy atom. The van der Waals surface area contributed by atoms with E-state index in [0.29, 0.717) is 46.1 Å². The number of rotatable bonds is 5. The maximum Gasteiger partial charge on any atom is 0.261 e. The normalized spacial score (nSPS) is 15.7. The first-order chi connectivity index (χ1) is 16.7. The van der Waals surface area contributed by atoms with Crippen LogP contribution in [0, 0.1) is 0 Å². The second-order valence-corrected chi connectivity index (χ2v) is 12.2. The molecule has 0 atom stereocenters. The number of aromatic nitrogens is 2. The molecule has 0 bridgehead atoms. The maximum atomic E-state index is 13.0. The van der Waals surface area contributed by atoms with E-state index in [4.69, 9.17) is 11.6 Å². The van der Waals surface area contributed by atoms with Crippen LogP contribution in [0.15, 0.2) is 77.8 Å². The molecular weight excluding hydrogens is 508 g/mol. The second kappa shape index (κ2) is 9.10. The number of pyridine rings is 2. The summed E-state index contributed by atoms with van der Waals surface area (Å²) in [4.78, 5) is 8.86. The fourth-order valence-electron chi connectivity index (χ4n) is 3.98. The van der Waals surface area contributed by atoms with Gasteiger partial charge in [-0.25, -0.2) is 21.8 Å². The van der Waals surface area contributed by atoms with Gasteiger partial charge in [0.25, 0.3) is 10.0 Å². The lowest BCUT2D eigenvalue weighted by molar-refractivity contribution is 0.574. The van der Waals surface area contributed by atoms with Gasteiger partial charge < -0.3 is 0 Å². The average Bonchev–Trinajstić information content (AvgIpc) is 2.84. The number of hydrogen-bond donors (Lipinski definition) is 1. The van der Waals surface area contributed by atoms with Gasteiger partial charge in [-0.05, 0) is 79.6 Å². The highest BCUT2D eigenvalue weighted by Crippen LogP contribution is 2.32. The minimum atomic E-state index is -3.93. The number of hydrogen-bond acceptors (Lipinski definition) is 6. The molecule has 0 spiro atoms. The molecule has 1 saturated heterocycles. The molecule has 1 aliphatic rings. The Morgan fingerprint density at radius 2 is 1.74 bits per heavy atom. The smallest absolute Gasteiger partial charge is 0.261 e. The van der Waals surface area contributed by atoms with Crippen LogP contribution in [-0.2, 0) is 20.0 Å². The number of halogens is 1. The van der Waals surface area contributed by atoms with Gasteiger partial charge in [-0.15, -0.1) is 0 Å². The Bertz CT molecular complexity index is 1630. The third-order valence-electron chi connectivity index (χ3n) is 5.74. The van der Waals surface area contributed by atoms with E-state index in [1.165, 1.54) is 28.6 Å². The van der Waals surface area contributed by atoms with Crippen molar-refractivity contribution < 1.29 is 16.8 Å². The predicted molar refractivity (Wildman–Crippen MR) is 138 cm³/mol. The van der Waals surface area contributed by atoms with Crippen LogP contribution in [0.2, 0.25) is 5.02 Å². The van der Waals surface area contributed by atoms with Gasteiger partial charge in [0.15, 0.2) is 0 Å². The molecule has 5 rings (SSSR count). The molecule has 0 aliphatic carbocycles. The van der Waals surface area contributed by atoms with Crippen LogP contribution < -0.4 is 9.03 Å². The van der Waals surface area contributed by atoms with Gasteiger partial charge in [0.05, 0.1) is 38.1 Å². The third-order valence-corrected chi connectivity index (χ3v) is 9.33. The number of nitrogens with zero attached hydrogens (tertiary/aromatic N) is 3. The molecule has 2 aromatic heterocycles. The fraction of sp³-hybridized carbons (Fsp3) is 0.167. The number of nitrogens with one attached hydrogen (secondary N) is 1. The highest BCUT2D eigenvalue weighted by Gasteiger charge is 2.26. The molecule has 2 aromatic carbocycles. The van der Waals surface area contributed by atoms with E-state index >= 15 is 0 Å². The monoisotopic (exact) mass is 528 g/mol. The number of sulfonamides is 2. The Hall–Kier alpha value is -3.21. The van der Waals surface area contributed by atoms with Crippen LogP contribution in [0.1, 0.15) is 12.8 Å². The van der Waals surface area contributed by atoms with Gasteiger partial charge in [-0.2, -0.15) is 0 Å². The van der Waals surface area contributed by atoms with Crippen molar-refractivity contribution in [1.29, 1.82) is 0 Å². The Morgan fingerprint density at radius 3 is 2.51 bits per heavy atom. The Balaban J connectivity index is 1.41. The molecule has 8 nitrogen and oxygen atoms in total. The maximum absolute atomic E-state index is 13.0. The van der Waals surface area contributed by atoms with Crippen molar-refractivity contribution >= 4 is 54.1 Å². The van der Waals surface area contributed by atoms with E-state index in [-0.39, 0.29) is 10.6 Å². The van der Waals surface area contributed by atoms with E-state index in [9.17, 15) is 16.8 Å². The quantitative estimate of drug-likeness (QED) is 0.403. The van der Waals surface area contributed by atoms with Crippen LogP contribution in [-0.4, -0.2) is 39.1 Å². The van der Waals surface area contributed by atoms with Crippen molar-refractivity contribution in [2.75, 3.05) is 21.3 Å². The van der Waals surface area contributed by atoms with E-state index < -0.39 is 20.0 Å². The zero-order chi connectivity index (χ0) is 24.6. The summed E-state index contributed by atoms with van der Waals surface area (Å²) in [5.41, 5.74) is 3.37. The lowest BCUT2D eigenvalue weighted by Gasteiger charge is -2.28.